The molecule has 2 heteroatoms. The van der Waals surface area contributed by atoms with Gasteiger partial charge in [-0.25, -0.2) is 0 Å². The van der Waals surface area contributed by atoms with Gasteiger partial charge in [0.05, 0.1) is 0 Å². The highest BCUT2D eigenvalue weighted by molar-refractivity contribution is 6.33. The van der Waals surface area contributed by atoms with E-state index in [2.05, 4.69) is 11.6 Å². The lowest BCUT2D eigenvalue weighted by molar-refractivity contribution is 1.44. The zero-order chi connectivity index (χ0) is 4.12. The van der Waals surface area contributed by atoms with Crippen LogP contribution in [0.2, 0.25) is 6.32 Å². The maximum atomic E-state index is 3.48. The second kappa shape index (κ2) is 3.73. The topological polar surface area (TPSA) is 12.4 Å². The third-order valence-electron chi connectivity index (χ3n) is 0.312. The zero-order valence-electron chi connectivity index (χ0n) is 3.44. The van der Waals surface area contributed by atoms with Crippen molar-refractivity contribution in [1.82, 2.24) is 0 Å². The van der Waals surface area contributed by atoms with E-state index in [1.54, 1.807) is 7.41 Å². The van der Waals surface area contributed by atoms with Gasteiger partial charge in [0.2, 0.25) is 0 Å². The normalized spacial score (nSPS) is 6.60. The molecule has 0 aromatic carbocycles. The van der Waals surface area contributed by atoms with Crippen molar-refractivity contribution in [3.05, 3.63) is 0 Å². The Morgan fingerprint density at radius 3 is 2.60 bits per heavy atom. The molecular weight excluding hydrogens is 60.9 g/mol. The minimum Gasteiger partial charge on any atom is -0.363 e. The SMILES string of the molecule is C=N[B]CC. The first-order chi connectivity index (χ1) is 2.41. The van der Waals surface area contributed by atoms with Crippen molar-refractivity contribution in [3.8, 4) is 0 Å². The summed E-state index contributed by atoms with van der Waals surface area (Å²) in [6, 6.07) is 0. The molecule has 0 fully saturated rings. The number of hydrogen-bond donors (Lipinski definition) is 0. The minimum absolute atomic E-state index is 0.990. The largest absolute Gasteiger partial charge is 0.363 e. The molecule has 0 aliphatic heterocycles. The predicted octanol–water partition coefficient (Wildman–Crippen LogP) is 0.744. The predicted molar refractivity (Wildman–Crippen MR) is 25.8 cm³/mol. The third-order valence-corrected chi connectivity index (χ3v) is 0.312. The fourth-order valence-corrected chi connectivity index (χ4v) is 0.129. The van der Waals surface area contributed by atoms with E-state index in [9.17, 15) is 0 Å². The van der Waals surface area contributed by atoms with Gasteiger partial charge in [-0.1, -0.05) is 13.2 Å². The summed E-state index contributed by atoms with van der Waals surface area (Å²) < 4.78 is 0. The van der Waals surface area contributed by atoms with Crippen molar-refractivity contribution < 1.29 is 0 Å². The summed E-state index contributed by atoms with van der Waals surface area (Å²) >= 11 is 0. The molecule has 0 N–H and O–H groups in total. The van der Waals surface area contributed by atoms with Gasteiger partial charge >= 0.3 is 0 Å². The molecule has 0 bridgehead atoms. The average molecular weight is 67.9 g/mol. The van der Waals surface area contributed by atoms with Crippen molar-refractivity contribution in [2.45, 2.75) is 13.2 Å². The molecule has 1 nitrogen and oxygen atoms in total. The molecule has 0 aromatic heterocycles. The van der Waals surface area contributed by atoms with E-state index in [1.807, 2.05) is 6.92 Å². The van der Waals surface area contributed by atoms with Crippen LogP contribution >= 0.6 is 0 Å². The molecule has 0 amide bonds. The summed E-state index contributed by atoms with van der Waals surface area (Å²) in [6.07, 6.45) is 0.990. The highest BCUT2D eigenvalue weighted by Crippen LogP contribution is 1.67. The van der Waals surface area contributed by atoms with E-state index >= 15 is 0 Å². The van der Waals surface area contributed by atoms with Gasteiger partial charge in [-0.3, -0.25) is 0 Å². The third kappa shape index (κ3) is 3.73. The summed E-state index contributed by atoms with van der Waals surface area (Å²) in [5.74, 6) is 0. The molecule has 0 saturated heterocycles. The highest BCUT2D eigenvalue weighted by Gasteiger charge is 1.69. The minimum atomic E-state index is 0.990. The Kier molecular flexibility index (Phi) is 3.54. The molecule has 0 atom stereocenters. The maximum absolute atomic E-state index is 3.48. The first kappa shape index (κ1) is 4.73. The van der Waals surface area contributed by atoms with E-state index in [0.29, 0.717) is 0 Å². The lowest BCUT2D eigenvalue weighted by Gasteiger charge is -1.69. The molecular formula is C3H7BN. The molecule has 0 saturated carbocycles. The standard InChI is InChI=1S/C3H7BN/c1-3-4-5-2/h2-3H2,1H3. The molecule has 0 heterocycles. The van der Waals surface area contributed by atoms with Crippen LogP contribution in [-0.4, -0.2) is 14.1 Å². The summed E-state index contributed by atoms with van der Waals surface area (Å²) in [4.78, 5) is 3.48. The van der Waals surface area contributed by atoms with E-state index in [0.717, 1.165) is 6.32 Å². The van der Waals surface area contributed by atoms with E-state index < -0.39 is 0 Å². The number of rotatable bonds is 2. The Hall–Kier alpha value is -0.265. The molecule has 0 aliphatic carbocycles. The molecule has 5 heavy (non-hydrogen) atoms. The zero-order valence-corrected chi connectivity index (χ0v) is 3.44. The van der Waals surface area contributed by atoms with Gasteiger partial charge in [0, 0.05) is 0 Å². The van der Waals surface area contributed by atoms with Crippen LogP contribution in [0.1, 0.15) is 6.92 Å². The van der Waals surface area contributed by atoms with Gasteiger partial charge in [0.1, 0.15) is 0 Å². The van der Waals surface area contributed by atoms with Crippen LogP contribution in [0.5, 0.6) is 0 Å². The molecule has 0 rings (SSSR count). The summed E-state index contributed by atoms with van der Waals surface area (Å²) in [5.41, 5.74) is 0. The Morgan fingerprint density at radius 2 is 2.60 bits per heavy atom. The van der Waals surface area contributed by atoms with Gasteiger partial charge in [-0.15, -0.1) is 0 Å². The quantitative estimate of drug-likeness (QED) is 0.334. The number of hydrogen-bond acceptors (Lipinski definition) is 1. The Balaban J connectivity index is 2.40. The van der Waals surface area contributed by atoms with Crippen LogP contribution in [-0.2, 0) is 0 Å². The van der Waals surface area contributed by atoms with E-state index in [1.165, 1.54) is 0 Å². The number of nitrogens with zero attached hydrogens (tertiary/aromatic N) is 1. The smallest absolute Gasteiger partial charge is 0.273 e. The van der Waals surface area contributed by atoms with Gasteiger partial charge < -0.3 is 4.90 Å². The second-order valence-electron chi connectivity index (χ2n) is 0.773. The van der Waals surface area contributed by atoms with Gasteiger partial charge in [-0.2, -0.15) is 0 Å². The van der Waals surface area contributed by atoms with Crippen molar-refractivity contribution in [2.75, 3.05) is 0 Å². The van der Waals surface area contributed by atoms with Crippen molar-refractivity contribution in [3.63, 3.8) is 0 Å². The van der Waals surface area contributed by atoms with Crippen LogP contribution in [0.3, 0.4) is 0 Å². The monoisotopic (exact) mass is 68.1 g/mol. The van der Waals surface area contributed by atoms with Crippen LogP contribution in [0.4, 0.5) is 0 Å². The molecule has 1 radical (unpaired) electrons. The van der Waals surface area contributed by atoms with Crippen molar-refractivity contribution in [1.29, 1.82) is 0 Å². The molecule has 0 unspecified atom stereocenters. The Morgan fingerprint density at radius 1 is 2.00 bits per heavy atom. The Bertz CT molecular complexity index is 28.1. The summed E-state index contributed by atoms with van der Waals surface area (Å²) in [5, 5.41) is 0. The fourth-order valence-electron chi connectivity index (χ4n) is 0.129. The van der Waals surface area contributed by atoms with Crippen LogP contribution in [0, 0.1) is 0 Å². The average Bonchev–Trinajstić information content (AvgIpc) is 1.41. The van der Waals surface area contributed by atoms with Gasteiger partial charge in [-0.05, 0) is 6.72 Å². The van der Waals surface area contributed by atoms with E-state index in [-0.39, 0.29) is 0 Å². The lowest BCUT2D eigenvalue weighted by atomic mass is 9.93. The molecule has 0 aliphatic rings. The van der Waals surface area contributed by atoms with E-state index in [4.69, 9.17) is 0 Å². The van der Waals surface area contributed by atoms with Crippen LogP contribution in [0.15, 0.2) is 4.90 Å². The lowest BCUT2D eigenvalue weighted by Crippen LogP contribution is -1.73. The first-order valence-electron chi connectivity index (χ1n) is 1.69. The second-order valence-corrected chi connectivity index (χ2v) is 0.773. The highest BCUT2D eigenvalue weighted by atomic mass is 14.5. The molecule has 0 spiro atoms. The van der Waals surface area contributed by atoms with Crippen molar-refractivity contribution in [2.24, 2.45) is 4.90 Å². The van der Waals surface area contributed by atoms with Crippen molar-refractivity contribution >= 4 is 14.1 Å². The summed E-state index contributed by atoms with van der Waals surface area (Å²) in [7, 11) is 1.76. The van der Waals surface area contributed by atoms with Crippen LogP contribution < -0.4 is 0 Å². The first-order valence-corrected chi connectivity index (χ1v) is 1.69. The fraction of sp³-hybridized carbons (Fsp3) is 0.667. The summed E-state index contributed by atoms with van der Waals surface area (Å²) in [6.45, 7) is 5.27. The van der Waals surface area contributed by atoms with Gasteiger partial charge in [0.15, 0.2) is 0 Å². The van der Waals surface area contributed by atoms with Gasteiger partial charge in [0.25, 0.3) is 7.41 Å². The Labute approximate surface area is 33.4 Å². The maximum Gasteiger partial charge on any atom is 0.273 e. The molecule has 0 aromatic rings. The van der Waals surface area contributed by atoms with Crippen LogP contribution in [0.25, 0.3) is 0 Å². The molecule has 27 valence electrons.